The van der Waals surface area contributed by atoms with Crippen LogP contribution in [0.2, 0.25) is 0 Å². The van der Waals surface area contributed by atoms with Crippen LogP contribution in [0.15, 0.2) is 24.3 Å². The van der Waals surface area contributed by atoms with Crippen molar-refractivity contribution in [3.8, 4) is 0 Å². The minimum absolute atomic E-state index is 0.102. The van der Waals surface area contributed by atoms with E-state index in [0.717, 1.165) is 5.92 Å². The van der Waals surface area contributed by atoms with Gasteiger partial charge in [0.05, 0.1) is 0 Å². The fraction of sp³-hybridized carbons (Fsp3) is 0.647. The van der Waals surface area contributed by atoms with Crippen LogP contribution in [-0.4, -0.2) is 13.1 Å². The van der Waals surface area contributed by atoms with Crippen molar-refractivity contribution in [2.75, 3.05) is 11.9 Å². The molecule has 0 saturated heterocycles. The van der Waals surface area contributed by atoms with Gasteiger partial charge in [-0.3, -0.25) is 0 Å². The van der Waals surface area contributed by atoms with Crippen molar-refractivity contribution in [1.29, 1.82) is 0 Å². The zero-order valence-electron chi connectivity index (χ0n) is 12.6. The molecule has 0 heterocycles. The van der Waals surface area contributed by atoms with Crippen molar-refractivity contribution in [2.45, 2.75) is 58.0 Å². The Hall–Kier alpha value is -1.02. The van der Waals surface area contributed by atoms with Crippen LogP contribution in [0.4, 0.5) is 5.69 Å². The number of hydrogen-bond acceptors (Lipinski definition) is 2. The van der Waals surface area contributed by atoms with Crippen LogP contribution in [0, 0.1) is 5.92 Å². The fourth-order valence-corrected chi connectivity index (χ4v) is 3.33. The summed E-state index contributed by atoms with van der Waals surface area (Å²) in [7, 11) is 2.23. The molecule has 0 aromatic heterocycles. The second-order valence-corrected chi connectivity index (χ2v) is 6.04. The SMILES string of the molecule is CCC1CCC(N(C)c2ccccc2[C@H](C)N)CC1. The molecule has 2 N–H and O–H groups in total. The van der Waals surface area contributed by atoms with E-state index >= 15 is 0 Å². The summed E-state index contributed by atoms with van der Waals surface area (Å²) in [5.74, 6) is 0.952. The predicted molar refractivity (Wildman–Crippen MR) is 83.5 cm³/mol. The number of para-hydroxylation sites is 1. The van der Waals surface area contributed by atoms with Crippen LogP contribution in [-0.2, 0) is 0 Å². The first-order chi connectivity index (χ1) is 9.13. The van der Waals surface area contributed by atoms with Gasteiger partial charge in [0.2, 0.25) is 0 Å². The zero-order chi connectivity index (χ0) is 13.8. The smallest absolute Gasteiger partial charge is 0.0414 e. The van der Waals surface area contributed by atoms with E-state index in [-0.39, 0.29) is 6.04 Å². The highest BCUT2D eigenvalue weighted by Gasteiger charge is 2.24. The van der Waals surface area contributed by atoms with Gasteiger partial charge in [-0.1, -0.05) is 31.5 Å². The highest BCUT2D eigenvalue weighted by molar-refractivity contribution is 5.55. The molecule has 0 bridgehead atoms. The highest BCUT2D eigenvalue weighted by Crippen LogP contribution is 2.33. The Morgan fingerprint density at radius 2 is 1.84 bits per heavy atom. The lowest BCUT2D eigenvalue weighted by Crippen LogP contribution is -2.36. The number of rotatable bonds is 4. The number of nitrogens with zero attached hydrogens (tertiary/aromatic N) is 1. The molecule has 1 aliphatic carbocycles. The maximum absolute atomic E-state index is 6.10. The molecule has 1 fully saturated rings. The first-order valence-electron chi connectivity index (χ1n) is 7.70. The Bertz CT molecular complexity index is 392. The molecule has 1 aromatic rings. The van der Waals surface area contributed by atoms with Crippen LogP contribution < -0.4 is 10.6 Å². The van der Waals surface area contributed by atoms with Crippen LogP contribution >= 0.6 is 0 Å². The molecule has 2 heteroatoms. The van der Waals surface area contributed by atoms with Crippen LogP contribution in [0.3, 0.4) is 0 Å². The Balaban J connectivity index is 2.10. The molecule has 0 spiro atoms. The number of anilines is 1. The standard InChI is InChI=1S/C17H28N2/c1-4-14-9-11-15(12-10-14)19(3)17-8-6-5-7-16(17)13(2)18/h5-8,13-15H,4,9-12,18H2,1-3H3/t13-,14?,15?/m0/s1. The molecular weight excluding hydrogens is 232 g/mol. The molecule has 1 aliphatic rings. The molecule has 0 amide bonds. The summed E-state index contributed by atoms with van der Waals surface area (Å²) in [4.78, 5) is 2.46. The lowest BCUT2D eigenvalue weighted by atomic mass is 9.84. The van der Waals surface area contributed by atoms with Gasteiger partial charge >= 0.3 is 0 Å². The minimum Gasteiger partial charge on any atom is -0.371 e. The van der Waals surface area contributed by atoms with Gasteiger partial charge in [-0.25, -0.2) is 0 Å². The van der Waals surface area contributed by atoms with Gasteiger partial charge in [-0.2, -0.15) is 0 Å². The van der Waals surface area contributed by atoms with Crippen molar-refractivity contribution in [1.82, 2.24) is 0 Å². The van der Waals surface area contributed by atoms with E-state index in [0.29, 0.717) is 6.04 Å². The molecule has 0 unspecified atom stereocenters. The number of hydrogen-bond donors (Lipinski definition) is 1. The largest absolute Gasteiger partial charge is 0.371 e. The summed E-state index contributed by atoms with van der Waals surface area (Å²) in [6.45, 7) is 4.39. The van der Waals surface area contributed by atoms with Crippen molar-refractivity contribution < 1.29 is 0 Å². The maximum Gasteiger partial charge on any atom is 0.0414 e. The summed E-state index contributed by atoms with van der Waals surface area (Å²) in [6, 6.07) is 9.37. The minimum atomic E-state index is 0.102. The molecule has 0 radical (unpaired) electrons. The van der Waals surface area contributed by atoms with E-state index in [1.54, 1.807) is 0 Å². The number of nitrogens with two attached hydrogens (primary N) is 1. The Morgan fingerprint density at radius 3 is 2.42 bits per heavy atom. The average Bonchev–Trinajstić information content (AvgIpc) is 2.46. The van der Waals surface area contributed by atoms with Crippen molar-refractivity contribution >= 4 is 5.69 Å². The molecule has 0 aliphatic heterocycles. The molecule has 1 atom stereocenters. The lowest BCUT2D eigenvalue weighted by molar-refractivity contribution is 0.313. The van der Waals surface area contributed by atoms with Crippen molar-refractivity contribution in [3.63, 3.8) is 0 Å². The third kappa shape index (κ3) is 3.30. The summed E-state index contributed by atoms with van der Waals surface area (Å²) in [5.41, 5.74) is 8.68. The maximum atomic E-state index is 6.10. The summed E-state index contributed by atoms with van der Waals surface area (Å²) in [6.07, 6.45) is 6.75. The summed E-state index contributed by atoms with van der Waals surface area (Å²) >= 11 is 0. The normalized spacial score (nSPS) is 25.1. The molecule has 19 heavy (non-hydrogen) atoms. The monoisotopic (exact) mass is 260 g/mol. The van der Waals surface area contributed by atoms with Crippen molar-refractivity contribution in [3.05, 3.63) is 29.8 Å². The number of benzene rings is 1. The quantitative estimate of drug-likeness (QED) is 0.882. The van der Waals surface area contributed by atoms with Crippen molar-refractivity contribution in [2.24, 2.45) is 11.7 Å². The van der Waals surface area contributed by atoms with Gasteiger partial charge in [0, 0.05) is 24.8 Å². The van der Waals surface area contributed by atoms with Gasteiger partial charge in [-0.15, -0.1) is 0 Å². The van der Waals surface area contributed by atoms with E-state index in [1.807, 2.05) is 0 Å². The Labute approximate surface area is 118 Å². The molecule has 2 rings (SSSR count). The second kappa shape index (κ2) is 6.42. The first-order valence-corrected chi connectivity index (χ1v) is 7.70. The average molecular weight is 260 g/mol. The Morgan fingerprint density at radius 1 is 1.21 bits per heavy atom. The van der Waals surface area contributed by atoms with Crippen LogP contribution in [0.25, 0.3) is 0 Å². The molecule has 1 saturated carbocycles. The third-order valence-electron chi connectivity index (χ3n) is 4.75. The third-order valence-corrected chi connectivity index (χ3v) is 4.75. The molecular formula is C17H28N2. The second-order valence-electron chi connectivity index (χ2n) is 6.04. The van der Waals surface area contributed by atoms with Gasteiger partial charge < -0.3 is 10.6 Å². The topological polar surface area (TPSA) is 29.3 Å². The molecule has 1 aromatic carbocycles. The highest BCUT2D eigenvalue weighted by atomic mass is 15.1. The molecule has 106 valence electrons. The van der Waals surface area contributed by atoms with Gasteiger partial charge in [-0.05, 0) is 50.2 Å². The van der Waals surface area contributed by atoms with E-state index in [4.69, 9.17) is 5.73 Å². The van der Waals surface area contributed by atoms with Crippen LogP contribution in [0.5, 0.6) is 0 Å². The van der Waals surface area contributed by atoms with E-state index < -0.39 is 0 Å². The molecule has 2 nitrogen and oxygen atoms in total. The van der Waals surface area contributed by atoms with Gasteiger partial charge in [0.15, 0.2) is 0 Å². The predicted octanol–water partition coefficient (Wildman–Crippen LogP) is 4.11. The van der Waals surface area contributed by atoms with Crippen LogP contribution in [0.1, 0.15) is 57.6 Å². The Kier molecular flexibility index (Phi) is 4.87. The summed E-state index contributed by atoms with van der Waals surface area (Å²) in [5, 5.41) is 0. The first kappa shape index (κ1) is 14.4. The van der Waals surface area contributed by atoms with E-state index in [2.05, 4.69) is 50.1 Å². The fourth-order valence-electron chi connectivity index (χ4n) is 3.33. The summed E-state index contributed by atoms with van der Waals surface area (Å²) < 4.78 is 0. The van der Waals surface area contributed by atoms with Gasteiger partial charge in [0.1, 0.15) is 0 Å². The lowest BCUT2D eigenvalue weighted by Gasteiger charge is -2.37. The zero-order valence-corrected chi connectivity index (χ0v) is 12.6. The van der Waals surface area contributed by atoms with E-state index in [1.165, 1.54) is 43.4 Å². The van der Waals surface area contributed by atoms with Gasteiger partial charge in [0.25, 0.3) is 0 Å². The van der Waals surface area contributed by atoms with E-state index in [9.17, 15) is 0 Å².